The van der Waals surface area contributed by atoms with Gasteiger partial charge in [0.1, 0.15) is 6.54 Å². The number of amides is 2. The highest BCUT2D eigenvalue weighted by Gasteiger charge is 2.16. The summed E-state index contributed by atoms with van der Waals surface area (Å²) in [6.45, 7) is 5.74. The molecule has 2 amide bonds. The largest absolute Gasteiger partial charge is 0.358 e. The molecule has 1 rings (SSSR count). The summed E-state index contributed by atoms with van der Waals surface area (Å²) in [5.74, 6) is -1.15. The van der Waals surface area contributed by atoms with E-state index in [1.165, 1.54) is 19.2 Å². The Morgan fingerprint density at radius 3 is 1.79 bits per heavy atom. The quantitative estimate of drug-likeness (QED) is 0.504. The van der Waals surface area contributed by atoms with Gasteiger partial charge in [0.05, 0.1) is 19.6 Å². The Kier molecular flexibility index (Phi) is 6.65. The molecule has 0 unspecified atom stereocenters. The summed E-state index contributed by atoms with van der Waals surface area (Å²) in [5, 5.41) is 4.58. The van der Waals surface area contributed by atoms with Crippen molar-refractivity contribution in [3.8, 4) is 0 Å². The normalized spacial score (nSPS) is 10.0. The SMILES string of the molecule is C=CCn1c(=O)n(CC=C)c(=O)n(CC(=O)NCC(=O)NC)c1=O. The van der Waals surface area contributed by atoms with Crippen LogP contribution in [0.4, 0.5) is 0 Å². The molecule has 0 aliphatic carbocycles. The second kappa shape index (κ2) is 8.46. The van der Waals surface area contributed by atoms with E-state index in [-0.39, 0.29) is 19.6 Å². The van der Waals surface area contributed by atoms with E-state index < -0.39 is 35.4 Å². The lowest BCUT2D eigenvalue weighted by molar-refractivity contribution is -0.126. The van der Waals surface area contributed by atoms with Crippen molar-refractivity contribution >= 4 is 11.8 Å². The number of hydrogen-bond acceptors (Lipinski definition) is 5. The topological polar surface area (TPSA) is 124 Å². The van der Waals surface area contributed by atoms with Crippen molar-refractivity contribution in [2.45, 2.75) is 19.6 Å². The first kappa shape index (κ1) is 18.9. The molecule has 1 aromatic heterocycles. The summed E-state index contributed by atoms with van der Waals surface area (Å²) in [5.41, 5.74) is -2.67. The zero-order valence-electron chi connectivity index (χ0n) is 13.3. The van der Waals surface area contributed by atoms with Crippen LogP contribution in [0.15, 0.2) is 39.7 Å². The number of nitrogens with one attached hydrogen (secondary N) is 2. The maximum absolute atomic E-state index is 12.3. The number of likely N-dealkylation sites (N-methyl/N-ethyl adjacent to an activating group) is 1. The van der Waals surface area contributed by atoms with E-state index in [9.17, 15) is 24.0 Å². The van der Waals surface area contributed by atoms with Gasteiger partial charge in [0, 0.05) is 7.05 Å². The van der Waals surface area contributed by atoms with Gasteiger partial charge < -0.3 is 10.6 Å². The maximum Gasteiger partial charge on any atom is 0.337 e. The molecule has 0 saturated heterocycles. The zero-order valence-corrected chi connectivity index (χ0v) is 13.3. The summed E-state index contributed by atoms with van der Waals surface area (Å²) in [7, 11) is 1.40. The van der Waals surface area contributed by atoms with E-state index in [1.807, 2.05) is 0 Å². The predicted molar refractivity (Wildman–Crippen MR) is 86.7 cm³/mol. The molecule has 0 spiro atoms. The van der Waals surface area contributed by atoms with Crippen molar-refractivity contribution in [1.82, 2.24) is 24.3 Å². The lowest BCUT2D eigenvalue weighted by Gasteiger charge is -2.12. The van der Waals surface area contributed by atoms with Crippen LogP contribution in [0.3, 0.4) is 0 Å². The molecule has 1 aromatic rings. The van der Waals surface area contributed by atoms with E-state index in [0.29, 0.717) is 4.57 Å². The Morgan fingerprint density at radius 1 is 0.917 bits per heavy atom. The molecular weight excluding hydrogens is 318 g/mol. The summed E-state index contributed by atoms with van der Waals surface area (Å²) in [6.07, 6.45) is 2.64. The minimum atomic E-state index is -0.930. The minimum absolute atomic E-state index is 0.116. The van der Waals surface area contributed by atoms with Crippen LogP contribution in [-0.2, 0) is 29.2 Å². The molecule has 10 heteroatoms. The fourth-order valence-corrected chi connectivity index (χ4v) is 1.86. The van der Waals surface area contributed by atoms with Gasteiger partial charge in [0.2, 0.25) is 11.8 Å². The molecule has 0 aliphatic heterocycles. The molecular formula is C14H19N5O5. The Balaban J connectivity index is 3.29. The number of nitrogens with zero attached hydrogens (tertiary/aromatic N) is 3. The predicted octanol–water partition coefficient (Wildman–Crippen LogP) is -2.59. The highest BCUT2D eigenvalue weighted by atomic mass is 16.2. The van der Waals surface area contributed by atoms with Crippen LogP contribution in [0.1, 0.15) is 0 Å². The fraction of sp³-hybridized carbons (Fsp3) is 0.357. The molecule has 0 aliphatic rings. The van der Waals surface area contributed by atoms with Crippen LogP contribution in [0.2, 0.25) is 0 Å². The molecule has 24 heavy (non-hydrogen) atoms. The summed E-state index contributed by atoms with van der Waals surface area (Å²) >= 11 is 0. The van der Waals surface area contributed by atoms with Crippen LogP contribution in [0.25, 0.3) is 0 Å². The number of hydrogen-bond donors (Lipinski definition) is 2. The molecule has 0 atom stereocenters. The first-order valence-electron chi connectivity index (χ1n) is 7.00. The standard InChI is InChI=1S/C14H19N5O5/c1-4-6-17-12(22)18(7-5-2)14(24)19(13(17)23)9-11(21)16-8-10(20)15-3/h4-5H,1-2,6-9H2,3H3,(H,15,20)(H,16,21). The second-order valence-corrected chi connectivity index (χ2v) is 4.68. The second-order valence-electron chi connectivity index (χ2n) is 4.68. The number of carbonyl (C=O) groups excluding carboxylic acids is 2. The third-order valence-corrected chi connectivity index (χ3v) is 3.04. The Morgan fingerprint density at radius 2 is 1.38 bits per heavy atom. The first-order valence-corrected chi connectivity index (χ1v) is 7.00. The molecule has 0 aromatic carbocycles. The van der Waals surface area contributed by atoms with Crippen LogP contribution in [0.5, 0.6) is 0 Å². The highest BCUT2D eigenvalue weighted by Crippen LogP contribution is 1.80. The van der Waals surface area contributed by atoms with Crippen LogP contribution in [-0.4, -0.2) is 39.1 Å². The van der Waals surface area contributed by atoms with E-state index in [2.05, 4.69) is 23.8 Å². The number of aromatic nitrogens is 3. The molecule has 0 bridgehead atoms. The van der Waals surface area contributed by atoms with Gasteiger partial charge in [-0.15, -0.1) is 13.2 Å². The van der Waals surface area contributed by atoms with Crippen molar-refractivity contribution in [3.63, 3.8) is 0 Å². The van der Waals surface area contributed by atoms with Gasteiger partial charge in [0.25, 0.3) is 0 Å². The van der Waals surface area contributed by atoms with E-state index in [4.69, 9.17) is 0 Å². The first-order chi connectivity index (χ1) is 11.4. The van der Waals surface area contributed by atoms with Gasteiger partial charge >= 0.3 is 17.1 Å². The lowest BCUT2D eigenvalue weighted by atomic mass is 10.5. The highest BCUT2D eigenvalue weighted by molar-refractivity contribution is 5.84. The number of rotatable bonds is 8. The molecule has 2 N–H and O–H groups in total. The van der Waals surface area contributed by atoms with Crippen LogP contribution < -0.4 is 27.7 Å². The molecule has 10 nitrogen and oxygen atoms in total. The monoisotopic (exact) mass is 337 g/mol. The summed E-state index contributed by atoms with van der Waals surface area (Å²) in [6, 6.07) is 0. The maximum atomic E-state index is 12.3. The minimum Gasteiger partial charge on any atom is -0.358 e. The molecule has 130 valence electrons. The molecule has 1 heterocycles. The van der Waals surface area contributed by atoms with Gasteiger partial charge in [0.15, 0.2) is 0 Å². The van der Waals surface area contributed by atoms with E-state index in [0.717, 1.165) is 9.13 Å². The van der Waals surface area contributed by atoms with Gasteiger partial charge in [-0.05, 0) is 0 Å². The third-order valence-electron chi connectivity index (χ3n) is 3.04. The zero-order chi connectivity index (χ0) is 18.3. The average molecular weight is 337 g/mol. The Labute approximate surface area is 136 Å². The van der Waals surface area contributed by atoms with Gasteiger partial charge in [-0.25, -0.2) is 28.1 Å². The molecule has 0 fully saturated rings. The fourth-order valence-electron chi connectivity index (χ4n) is 1.86. The van der Waals surface area contributed by atoms with Crippen LogP contribution in [0, 0.1) is 0 Å². The van der Waals surface area contributed by atoms with Crippen molar-refractivity contribution in [2.24, 2.45) is 0 Å². The van der Waals surface area contributed by atoms with Crippen molar-refractivity contribution in [2.75, 3.05) is 13.6 Å². The van der Waals surface area contributed by atoms with Gasteiger partial charge in [-0.1, -0.05) is 12.2 Å². The van der Waals surface area contributed by atoms with E-state index >= 15 is 0 Å². The van der Waals surface area contributed by atoms with Crippen molar-refractivity contribution in [1.29, 1.82) is 0 Å². The lowest BCUT2D eigenvalue weighted by Crippen LogP contribution is -2.55. The smallest absolute Gasteiger partial charge is 0.337 e. The Bertz CT molecular complexity index is 781. The number of allylic oxidation sites excluding steroid dienone is 2. The van der Waals surface area contributed by atoms with Crippen molar-refractivity contribution < 1.29 is 9.59 Å². The molecule has 0 saturated carbocycles. The van der Waals surface area contributed by atoms with Crippen molar-refractivity contribution in [3.05, 3.63) is 56.8 Å². The van der Waals surface area contributed by atoms with Crippen LogP contribution >= 0.6 is 0 Å². The van der Waals surface area contributed by atoms with Gasteiger partial charge in [-0.3, -0.25) is 9.59 Å². The average Bonchev–Trinajstić information content (AvgIpc) is 2.57. The number of carbonyl (C=O) groups is 2. The third kappa shape index (κ3) is 4.18. The molecule has 0 radical (unpaired) electrons. The summed E-state index contributed by atoms with van der Waals surface area (Å²) < 4.78 is 2.18. The van der Waals surface area contributed by atoms with Gasteiger partial charge in [-0.2, -0.15) is 0 Å². The summed E-state index contributed by atoms with van der Waals surface area (Å²) in [4.78, 5) is 59.6. The Hall–Kier alpha value is -3.17. The van der Waals surface area contributed by atoms with E-state index in [1.54, 1.807) is 0 Å².